The lowest BCUT2D eigenvalue weighted by Gasteiger charge is -2.04. The lowest BCUT2D eigenvalue weighted by atomic mass is 10.3. The number of nitro benzene ring substituents is 1. The average molecular weight is 229 g/mol. The van der Waals surface area contributed by atoms with Crippen LogP contribution >= 0.6 is 11.8 Å². The van der Waals surface area contributed by atoms with Crippen LogP contribution in [0.25, 0.3) is 0 Å². The van der Waals surface area contributed by atoms with E-state index in [9.17, 15) is 10.1 Å². The molecule has 0 aromatic heterocycles. The fourth-order valence-corrected chi connectivity index (χ4v) is 1.76. The number of aliphatic hydroxyl groups excluding tert-OH is 1. The summed E-state index contributed by atoms with van der Waals surface area (Å²) in [6.45, 7) is 0.0265. The van der Waals surface area contributed by atoms with Crippen molar-refractivity contribution in [3.63, 3.8) is 0 Å². The summed E-state index contributed by atoms with van der Waals surface area (Å²) in [5, 5.41) is 19.2. The van der Waals surface area contributed by atoms with Crippen LogP contribution in [-0.4, -0.2) is 22.4 Å². The van der Waals surface area contributed by atoms with Gasteiger partial charge in [0.25, 0.3) is 5.69 Å². The van der Waals surface area contributed by atoms with Crippen molar-refractivity contribution in [3.8, 4) is 0 Å². The molecule has 0 heterocycles. The first-order valence-corrected chi connectivity index (χ1v) is 5.15. The Morgan fingerprint density at radius 1 is 1.53 bits per heavy atom. The van der Waals surface area contributed by atoms with Gasteiger partial charge in [-0.15, -0.1) is 11.8 Å². The fraction of sp³-hybridized carbons (Fsp3) is 0.250. The number of hydrazine groups is 1. The maximum Gasteiger partial charge on any atom is 0.272 e. The Bertz CT molecular complexity index is 359. The fourth-order valence-electron chi connectivity index (χ4n) is 1.02. The number of nitrogens with two attached hydrogens (primary N) is 1. The lowest BCUT2D eigenvalue weighted by Crippen LogP contribution is -2.07. The third-order valence-corrected chi connectivity index (χ3v) is 2.58. The van der Waals surface area contributed by atoms with Gasteiger partial charge in [0.1, 0.15) is 0 Å². The molecule has 0 radical (unpaired) electrons. The van der Waals surface area contributed by atoms with E-state index in [1.165, 1.54) is 23.9 Å². The molecule has 0 saturated carbocycles. The summed E-state index contributed by atoms with van der Waals surface area (Å²) in [6, 6.07) is 4.48. The molecule has 0 aliphatic carbocycles. The second-order valence-electron chi connectivity index (χ2n) is 2.69. The van der Waals surface area contributed by atoms with E-state index in [4.69, 9.17) is 10.9 Å². The molecule has 1 aromatic rings. The number of non-ortho nitro benzene ring substituents is 1. The molecule has 6 nitrogen and oxygen atoms in total. The highest BCUT2D eigenvalue weighted by atomic mass is 32.2. The molecule has 0 spiro atoms. The van der Waals surface area contributed by atoms with Gasteiger partial charge in [-0.2, -0.15) is 0 Å². The third kappa shape index (κ3) is 3.39. The standard InChI is InChI=1S/C8H11N3O3S/c9-10-6-3-7(11(13)14)5-8(4-6)15-2-1-12/h3-5,10,12H,1-2,9H2. The van der Waals surface area contributed by atoms with Gasteiger partial charge < -0.3 is 10.5 Å². The topological polar surface area (TPSA) is 101 Å². The molecule has 0 saturated heterocycles. The molecule has 0 unspecified atom stereocenters. The Balaban J connectivity index is 2.95. The number of nitrogen functional groups attached to an aromatic ring is 1. The molecule has 15 heavy (non-hydrogen) atoms. The SMILES string of the molecule is NNc1cc(SCCO)cc([N+](=O)[O-])c1. The number of nitro groups is 1. The molecule has 0 amide bonds. The van der Waals surface area contributed by atoms with Crippen LogP contribution < -0.4 is 11.3 Å². The van der Waals surface area contributed by atoms with E-state index in [0.717, 1.165) is 0 Å². The molecule has 4 N–H and O–H groups in total. The summed E-state index contributed by atoms with van der Waals surface area (Å²) in [4.78, 5) is 10.8. The number of anilines is 1. The Hall–Kier alpha value is -1.31. The van der Waals surface area contributed by atoms with Crippen LogP contribution in [0.5, 0.6) is 0 Å². The van der Waals surface area contributed by atoms with Crippen molar-refractivity contribution < 1.29 is 10.0 Å². The molecule has 0 aliphatic heterocycles. The van der Waals surface area contributed by atoms with Crippen molar-refractivity contribution >= 4 is 23.1 Å². The van der Waals surface area contributed by atoms with Crippen LogP contribution in [0.4, 0.5) is 11.4 Å². The second kappa shape index (κ2) is 5.54. The maximum absolute atomic E-state index is 10.6. The van der Waals surface area contributed by atoms with Gasteiger partial charge in [0.15, 0.2) is 0 Å². The molecule has 1 rings (SSSR count). The monoisotopic (exact) mass is 229 g/mol. The molecular formula is C8H11N3O3S. The van der Waals surface area contributed by atoms with E-state index in [1.807, 2.05) is 0 Å². The Morgan fingerprint density at radius 2 is 2.27 bits per heavy atom. The van der Waals surface area contributed by atoms with Gasteiger partial charge in [-0.25, -0.2) is 0 Å². The minimum Gasteiger partial charge on any atom is -0.396 e. The summed E-state index contributed by atoms with van der Waals surface area (Å²) in [7, 11) is 0. The van der Waals surface area contributed by atoms with Gasteiger partial charge in [0, 0.05) is 22.8 Å². The van der Waals surface area contributed by atoms with Crippen LogP contribution in [0.3, 0.4) is 0 Å². The van der Waals surface area contributed by atoms with Crippen LogP contribution in [0, 0.1) is 10.1 Å². The number of nitrogens with one attached hydrogen (secondary N) is 1. The molecular weight excluding hydrogens is 218 g/mol. The van der Waals surface area contributed by atoms with Crippen molar-refractivity contribution in [2.24, 2.45) is 5.84 Å². The highest BCUT2D eigenvalue weighted by Gasteiger charge is 2.09. The first-order valence-electron chi connectivity index (χ1n) is 4.17. The Morgan fingerprint density at radius 3 is 2.80 bits per heavy atom. The third-order valence-electron chi connectivity index (χ3n) is 1.63. The predicted molar refractivity (Wildman–Crippen MR) is 58.7 cm³/mol. The molecule has 0 bridgehead atoms. The summed E-state index contributed by atoms with van der Waals surface area (Å²) >= 11 is 1.33. The Labute approximate surface area is 90.6 Å². The van der Waals surface area contributed by atoms with Crippen molar-refractivity contribution in [1.29, 1.82) is 0 Å². The van der Waals surface area contributed by atoms with Gasteiger partial charge in [-0.3, -0.25) is 16.0 Å². The van der Waals surface area contributed by atoms with E-state index in [2.05, 4.69) is 5.43 Å². The highest BCUT2D eigenvalue weighted by molar-refractivity contribution is 7.99. The zero-order chi connectivity index (χ0) is 11.3. The van der Waals surface area contributed by atoms with Crippen LogP contribution in [0.1, 0.15) is 0 Å². The van der Waals surface area contributed by atoms with Crippen molar-refractivity contribution in [1.82, 2.24) is 0 Å². The number of rotatable bonds is 5. The molecule has 0 fully saturated rings. The van der Waals surface area contributed by atoms with Gasteiger partial charge >= 0.3 is 0 Å². The zero-order valence-corrected chi connectivity index (χ0v) is 8.66. The van der Waals surface area contributed by atoms with Gasteiger partial charge in [0.05, 0.1) is 17.2 Å². The molecule has 0 atom stereocenters. The summed E-state index contributed by atoms with van der Waals surface area (Å²) in [5.74, 6) is 5.68. The summed E-state index contributed by atoms with van der Waals surface area (Å²) in [5.41, 5.74) is 2.81. The van der Waals surface area contributed by atoms with Gasteiger partial charge in [-0.1, -0.05) is 0 Å². The number of benzene rings is 1. The number of aliphatic hydroxyl groups is 1. The van der Waals surface area contributed by atoms with E-state index in [-0.39, 0.29) is 12.3 Å². The van der Waals surface area contributed by atoms with Crippen LogP contribution in [0.15, 0.2) is 23.1 Å². The first-order chi connectivity index (χ1) is 7.17. The van der Waals surface area contributed by atoms with E-state index < -0.39 is 4.92 Å². The van der Waals surface area contributed by atoms with Crippen LogP contribution in [0.2, 0.25) is 0 Å². The number of hydrogen-bond donors (Lipinski definition) is 3. The quantitative estimate of drug-likeness (QED) is 0.301. The smallest absolute Gasteiger partial charge is 0.272 e. The van der Waals surface area contributed by atoms with Crippen molar-refractivity contribution in [2.75, 3.05) is 17.8 Å². The minimum absolute atomic E-state index is 0.0223. The predicted octanol–water partition coefficient (Wildman–Crippen LogP) is 0.965. The molecule has 1 aromatic carbocycles. The normalized spacial score (nSPS) is 10.0. The van der Waals surface area contributed by atoms with E-state index in [1.54, 1.807) is 6.07 Å². The van der Waals surface area contributed by atoms with Crippen LogP contribution in [-0.2, 0) is 0 Å². The number of hydrogen-bond acceptors (Lipinski definition) is 6. The molecule has 7 heteroatoms. The lowest BCUT2D eigenvalue weighted by molar-refractivity contribution is -0.385. The van der Waals surface area contributed by atoms with E-state index in [0.29, 0.717) is 16.3 Å². The Kier molecular flexibility index (Phi) is 4.35. The molecule has 0 aliphatic rings. The minimum atomic E-state index is -0.482. The summed E-state index contributed by atoms with van der Waals surface area (Å²) in [6.07, 6.45) is 0. The number of nitrogens with zero attached hydrogens (tertiary/aromatic N) is 1. The zero-order valence-electron chi connectivity index (χ0n) is 7.84. The average Bonchev–Trinajstić information content (AvgIpc) is 2.25. The van der Waals surface area contributed by atoms with Gasteiger partial charge in [-0.05, 0) is 6.07 Å². The van der Waals surface area contributed by atoms with Crippen molar-refractivity contribution in [2.45, 2.75) is 4.90 Å². The summed E-state index contributed by atoms with van der Waals surface area (Å²) < 4.78 is 0. The molecule has 82 valence electrons. The highest BCUT2D eigenvalue weighted by Crippen LogP contribution is 2.27. The maximum atomic E-state index is 10.6. The first kappa shape index (κ1) is 11.8. The number of thioether (sulfide) groups is 1. The largest absolute Gasteiger partial charge is 0.396 e. The van der Waals surface area contributed by atoms with Crippen molar-refractivity contribution in [3.05, 3.63) is 28.3 Å². The van der Waals surface area contributed by atoms with E-state index >= 15 is 0 Å². The van der Waals surface area contributed by atoms with Gasteiger partial charge in [0.2, 0.25) is 0 Å². The second-order valence-corrected chi connectivity index (χ2v) is 3.86.